The second-order valence-corrected chi connectivity index (χ2v) is 13.3. The quantitative estimate of drug-likeness (QED) is 0.491. The van der Waals surface area contributed by atoms with Crippen LogP contribution in [-0.4, -0.2) is 49.9 Å². The number of benzene rings is 2. The number of hydrogen-bond acceptors (Lipinski definition) is 4. The summed E-state index contributed by atoms with van der Waals surface area (Å²) < 4.78 is 34.8. The molecule has 5 rings (SSSR count). The van der Waals surface area contributed by atoms with Gasteiger partial charge in [-0.2, -0.15) is 4.72 Å². The number of sulfonamides is 1. The molecule has 1 aliphatic carbocycles. The van der Waals surface area contributed by atoms with Crippen molar-refractivity contribution >= 4 is 26.8 Å². The molecule has 1 saturated heterocycles. The summed E-state index contributed by atoms with van der Waals surface area (Å²) in [5, 5.41) is 0.993. The lowest BCUT2D eigenvalue weighted by Gasteiger charge is -2.39. The highest BCUT2D eigenvalue weighted by Gasteiger charge is 2.52. The minimum Gasteiger partial charge on any atom is -0.497 e. The first-order valence-electron chi connectivity index (χ1n) is 12.5. The zero-order valence-electron chi connectivity index (χ0n) is 21.4. The molecule has 1 aliphatic heterocycles. The number of para-hydroxylation sites is 1. The van der Waals surface area contributed by atoms with E-state index in [9.17, 15) is 13.2 Å². The van der Waals surface area contributed by atoms with Gasteiger partial charge in [0.15, 0.2) is 0 Å². The maximum Gasteiger partial charge on any atom is 0.241 e. The van der Waals surface area contributed by atoms with E-state index < -0.39 is 16.1 Å². The summed E-state index contributed by atoms with van der Waals surface area (Å²) >= 11 is 0. The molecular weight excluding hydrogens is 474 g/mol. The average molecular weight is 510 g/mol. The van der Waals surface area contributed by atoms with Gasteiger partial charge in [0.25, 0.3) is 0 Å². The van der Waals surface area contributed by atoms with Gasteiger partial charge in [-0.25, -0.2) is 8.42 Å². The summed E-state index contributed by atoms with van der Waals surface area (Å²) in [6, 6.07) is 13.3. The van der Waals surface area contributed by atoms with Crippen molar-refractivity contribution in [3.05, 3.63) is 60.3 Å². The van der Waals surface area contributed by atoms with Crippen LogP contribution in [0.5, 0.6) is 5.75 Å². The highest BCUT2D eigenvalue weighted by Crippen LogP contribution is 2.52. The molecule has 2 aromatic carbocycles. The van der Waals surface area contributed by atoms with Crippen LogP contribution in [0.4, 0.5) is 0 Å². The predicted molar refractivity (Wildman–Crippen MR) is 140 cm³/mol. The van der Waals surface area contributed by atoms with Crippen LogP contribution >= 0.6 is 0 Å². The molecule has 0 radical (unpaired) electrons. The van der Waals surface area contributed by atoms with Gasteiger partial charge in [0.1, 0.15) is 11.8 Å². The first kappa shape index (κ1) is 24.8. The van der Waals surface area contributed by atoms with Gasteiger partial charge in [-0.15, -0.1) is 0 Å². The summed E-state index contributed by atoms with van der Waals surface area (Å²) in [4.78, 5) is 19.4. The Bertz CT molecular complexity index is 1380. The zero-order valence-corrected chi connectivity index (χ0v) is 22.2. The number of nitrogens with zero attached hydrogens (tertiary/aromatic N) is 1. The van der Waals surface area contributed by atoms with Crippen molar-refractivity contribution in [1.29, 1.82) is 0 Å². The molecule has 2 aliphatic rings. The lowest BCUT2D eigenvalue weighted by molar-refractivity contribution is -0.134. The highest BCUT2D eigenvalue weighted by atomic mass is 32.2. The van der Waals surface area contributed by atoms with E-state index in [1.54, 1.807) is 12.1 Å². The van der Waals surface area contributed by atoms with Crippen LogP contribution in [-0.2, 0) is 21.2 Å². The zero-order chi connectivity index (χ0) is 25.7. The number of likely N-dealkylation sites (tertiary alicyclic amines) is 1. The molecular formula is C28H35N3O4S. The molecule has 3 atom stereocenters. The van der Waals surface area contributed by atoms with Gasteiger partial charge in [0, 0.05) is 29.7 Å². The van der Waals surface area contributed by atoms with Crippen LogP contribution in [0, 0.1) is 10.8 Å². The number of hydrogen-bond donors (Lipinski definition) is 2. The molecule has 2 bridgehead atoms. The van der Waals surface area contributed by atoms with Crippen molar-refractivity contribution in [3.63, 3.8) is 0 Å². The normalized spacial score (nSPS) is 24.1. The van der Waals surface area contributed by atoms with Crippen LogP contribution in [0.3, 0.4) is 0 Å². The molecule has 36 heavy (non-hydrogen) atoms. The second-order valence-electron chi connectivity index (χ2n) is 11.6. The summed E-state index contributed by atoms with van der Waals surface area (Å²) in [5.41, 5.74) is 2.09. The van der Waals surface area contributed by atoms with Gasteiger partial charge in [-0.05, 0) is 72.4 Å². The topological polar surface area (TPSA) is 91.5 Å². The minimum atomic E-state index is -3.94. The molecule has 3 aromatic rings. The Balaban J connectivity index is 1.47. The number of methoxy groups -OCH3 is 1. The van der Waals surface area contributed by atoms with Gasteiger partial charge >= 0.3 is 0 Å². The molecule has 2 heterocycles. The lowest BCUT2D eigenvalue weighted by Crippen LogP contribution is -2.51. The van der Waals surface area contributed by atoms with E-state index in [4.69, 9.17) is 4.74 Å². The van der Waals surface area contributed by atoms with E-state index in [1.165, 1.54) is 19.2 Å². The van der Waals surface area contributed by atoms with Gasteiger partial charge in [-0.1, -0.05) is 39.0 Å². The number of fused-ring (bicyclic) bond motifs is 3. The first-order valence-corrected chi connectivity index (χ1v) is 14.0. The second kappa shape index (κ2) is 8.92. The fraction of sp³-hybridized carbons (Fsp3) is 0.464. The Morgan fingerprint density at radius 1 is 1.14 bits per heavy atom. The molecule has 7 nitrogen and oxygen atoms in total. The SMILES string of the molecule is COc1ccc(S(=O)(=O)NC(Cc2c[nH]c3ccccc23)C(=O)N2CC3(C)CC2CC(C)(C)C3)cc1. The average Bonchev–Trinajstić information content (AvgIpc) is 3.34. The number of carbonyl (C=O) groups excluding carboxylic acids is 1. The third kappa shape index (κ3) is 4.76. The summed E-state index contributed by atoms with van der Waals surface area (Å²) in [5.74, 6) is 0.421. The maximum atomic E-state index is 14.1. The van der Waals surface area contributed by atoms with Crippen LogP contribution < -0.4 is 9.46 Å². The van der Waals surface area contributed by atoms with Crippen LogP contribution in [0.15, 0.2) is 59.6 Å². The third-order valence-corrected chi connectivity index (χ3v) is 9.25. The molecule has 2 N–H and O–H groups in total. The highest BCUT2D eigenvalue weighted by molar-refractivity contribution is 7.89. The summed E-state index contributed by atoms with van der Waals surface area (Å²) in [6.07, 6.45) is 5.10. The van der Waals surface area contributed by atoms with Gasteiger partial charge in [0.2, 0.25) is 15.9 Å². The molecule has 192 valence electrons. The molecule has 2 fully saturated rings. The standard InChI is InChI=1S/C28H35N3O4S/c1-27(2)14-20-15-28(3,17-27)18-31(20)26(32)25(13-19-16-29-24-8-6-5-7-23(19)24)30-36(33,34)22-11-9-21(35-4)10-12-22/h5-12,16,20,25,29-30H,13-15,17-18H2,1-4H3. The van der Waals surface area contributed by atoms with Gasteiger partial charge in [-0.3, -0.25) is 4.79 Å². The van der Waals surface area contributed by atoms with Crippen molar-refractivity contribution in [2.75, 3.05) is 13.7 Å². The van der Waals surface area contributed by atoms with Crippen molar-refractivity contribution in [2.24, 2.45) is 10.8 Å². The molecule has 1 saturated carbocycles. The van der Waals surface area contributed by atoms with Crippen LogP contribution in [0.25, 0.3) is 10.9 Å². The van der Waals surface area contributed by atoms with E-state index in [2.05, 4.69) is 30.5 Å². The first-order chi connectivity index (χ1) is 17.0. The number of aromatic amines is 1. The number of rotatable bonds is 7. The number of amides is 1. The lowest BCUT2D eigenvalue weighted by atomic mass is 9.65. The largest absolute Gasteiger partial charge is 0.497 e. The molecule has 8 heteroatoms. The van der Waals surface area contributed by atoms with Crippen molar-refractivity contribution in [1.82, 2.24) is 14.6 Å². The number of H-pyrrole nitrogens is 1. The Kier molecular flexibility index (Phi) is 6.16. The van der Waals surface area contributed by atoms with Crippen LogP contribution in [0.2, 0.25) is 0 Å². The van der Waals surface area contributed by atoms with Gasteiger partial charge in [0.05, 0.1) is 12.0 Å². The Hall–Kier alpha value is -2.84. The third-order valence-electron chi connectivity index (χ3n) is 7.76. The summed E-state index contributed by atoms with van der Waals surface area (Å²) in [6.45, 7) is 7.45. The van der Waals surface area contributed by atoms with E-state index in [-0.39, 0.29) is 34.1 Å². The van der Waals surface area contributed by atoms with Gasteiger partial charge < -0.3 is 14.6 Å². The van der Waals surface area contributed by atoms with Crippen molar-refractivity contribution in [3.8, 4) is 5.75 Å². The summed E-state index contributed by atoms with van der Waals surface area (Å²) in [7, 11) is -2.41. The monoisotopic (exact) mass is 509 g/mol. The molecule has 1 amide bonds. The number of ether oxygens (including phenoxy) is 1. The smallest absolute Gasteiger partial charge is 0.241 e. The Morgan fingerprint density at radius 3 is 2.58 bits per heavy atom. The molecule has 1 aromatic heterocycles. The fourth-order valence-corrected chi connectivity index (χ4v) is 7.82. The Labute approximate surface area is 213 Å². The van der Waals surface area contributed by atoms with E-state index in [0.717, 1.165) is 35.7 Å². The molecule has 0 spiro atoms. The van der Waals surface area contributed by atoms with E-state index in [0.29, 0.717) is 12.3 Å². The number of carbonyl (C=O) groups is 1. The van der Waals surface area contributed by atoms with E-state index in [1.807, 2.05) is 35.4 Å². The van der Waals surface area contributed by atoms with E-state index >= 15 is 0 Å². The minimum absolute atomic E-state index is 0.0578. The van der Waals surface area contributed by atoms with Crippen LogP contribution in [0.1, 0.15) is 45.6 Å². The Morgan fingerprint density at radius 2 is 1.86 bits per heavy atom. The molecule has 3 unspecified atom stereocenters. The van der Waals surface area contributed by atoms with Crippen molar-refractivity contribution in [2.45, 2.75) is 63.4 Å². The van der Waals surface area contributed by atoms with Crippen molar-refractivity contribution < 1.29 is 17.9 Å². The predicted octanol–water partition coefficient (Wildman–Crippen LogP) is 4.49. The number of aromatic nitrogens is 1. The number of nitrogens with one attached hydrogen (secondary N) is 2. The maximum absolute atomic E-state index is 14.1. The fourth-order valence-electron chi connectivity index (χ4n) is 6.63.